The van der Waals surface area contributed by atoms with Crippen LogP contribution >= 0.6 is 0 Å². The molecule has 0 aliphatic rings. The number of rotatable bonds is 5. The van der Waals surface area contributed by atoms with Gasteiger partial charge >= 0.3 is 0 Å². The highest BCUT2D eigenvalue weighted by atomic mass is 19.1. The van der Waals surface area contributed by atoms with E-state index < -0.39 is 11.7 Å². The fraction of sp³-hybridized carbons (Fsp3) is 0.0476. The van der Waals surface area contributed by atoms with Gasteiger partial charge in [0.2, 0.25) is 0 Å². The molecule has 1 amide bonds. The van der Waals surface area contributed by atoms with Gasteiger partial charge in [0.15, 0.2) is 17.3 Å². The van der Waals surface area contributed by atoms with E-state index in [2.05, 4.69) is 15.5 Å². The van der Waals surface area contributed by atoms with Crippen LogP contribution in [0.1, 0.15) is 32.1 Å². The second-order valence-corrected chi connectivity index (χ2v) is 6.11. The number of fused-ring (bicyclic) bond motifs is 1. The highest BCUT2D eigenvalue weighted by Crippen LogP contribution is 2.16. The van der Waals surface area contributed by atoms with Gasteiger partial charge in [-0.15, -0.1) is 10.2 Å². The normalized spacial score (nSPS) is 10.8. The predicted molar refractivity (Wildman–Crippen MR) is 100 cm³/mol. The van der Waals surface area contributed by atoms with E-state index in [1.54, 1.807) is 28.7 Å². The van der Waals surface area contributed by atoms with Crippen LogP contribution in [0.5, 0.6) is 0 Å². The van der Waals surface area contributed by atoms with E-state index >= 15 is 0 Å². The van der Waals surface area contributed by atoms with Gasteiger partial charge < -0.3 is 5.32 Å². The van der Waals surface area contributed by atoms with Crippen LogP contribution in [0.15, 0.2) is 72.9 Å². The Bertz CT molecular complexity index is 1170. The summed E-state index contributed by atoms with van der Waals surface area (Å²) in [5.41, 5.74) is 1.48. The molecule has 2 aromatic carbocycles. The first-order chi connectivity index (χ1) is 13.6. The van der Waals surface area contributed by atoms with Crippen LogP contribution in [0.25, 0.3) is 5.65 Å². The Morgan fingerprint density at radius 1 is 0.893 bits per heavy atom. The molecule has 0 fully saturated rings. The molecule has 0 unspecified atom stereocenters. The molecule has 2 aromatic heterocycles. The van der Waals surface area contributed by atoms with Gasteiger partial charge in [-0.3, -0.25) is 14.0 Å². The number of nitrogens with one attached hydrogen (secondary N) is 1. The van der Waals surface area contributed by atoms with Gasteiger partial charge in [-0.1, -0.05) is 24.3 Å². The lowest BCUT2D eigenvalue weighted by Gasteiger charge is -2.09. The van der Waals surface area contributed by atoms with Gasteiger partial charge in [-0.05, 0) is 42.5 Å². The van der Waals surface area contributed by atoms with E-state index in [0.717, 1.165) is 0 Å². The second-order valence-electron chi connectivity index (χ2n) is 6.11. The lowest BCUT2D eigenvalue weighted by atomic mass is 9.98. The zero-order valence-corrected chi connectivity index (χ0v) is 14.7. The largest absolute Gasteiger partial charge is 0.345 e. The number of amides is 1. The molecule has 0 spiro atoms. The maximum absolute atomic E-state index is 13.1. The van der Waals surface area contributed by atoms with Gasteiger partial charge in [0.1, 0.15) is 5.82 Å². The molecule has 1 N–H and O–H groups in total. The number of carbonyl (C=O) groups is 2. The molecular formula is C21H15FN4O2. The van der Waals surface area contributed by atoms with Gasteiger partial charge in [0.25, 0.3) is 5.91 Å². The Balaban J connectivity index is 1.56. The quantitative estimate of drug-likeness (QED) is 0.545. The summed E-state index contributed by atoms with van der Waals surface area (Å²) in [4.78, 5) is 25.5. The average Bonchev–Trinajstić information content (AvgIpc) is 3.15. The second kappa shape index (κ2) is 7.40. The number of ketones is 1. The van der Waals surface area contributed by atoms with Gasteiger partial charge in [-0.2, -0.15) is 0 Å². The zero-order valence-electron chi connectivity index (χ0n) is 14.7. The monoisotopic (exact) mass is 374 g/mol. The molecule has 4 rings (SSSR count). The maximum Gasteiger partial charge on any atom is 0.252 e. The van der Waals surface area contributed by atoms with Crippen molar-refractivity contribution in [1.82, 2.24) is 19.9 Å². The first-order valence-corrected chi connectivity index (χ1v) is 8.59. The van der Waals surface area contributed by atoms with Crippen LogP contribution in [-0.2, 0) is 6.54 Å². The zero-order chi connectivity index (χ0) is 19.5. The molecule has 0 aliphatic carbocycles. The van der Waals surface area contributed by atoms with Crippen molar-refractivity contribution in [2.75, 3.05) is 0 Å². The molecule has 138 valence electrons. The number of carbonyl (C=O) groups excluding carboxylic acids is 2. The van der Waals surface area contributed by atoms with E-state index in [9.17, 15) is 14.0 Å². The number of aromatic nitrogens is 3. The van der Waals surface area contributed by atoms with E-state index in [4.69, 9.17) is 0 Å². The minimum absolute atomic E-state index is 0.156. The number of hydrogen-bond donors (Lipinski definition) is 1. The number of halogens is 1. The number of benzene rings is 2. The third kappa shape index (κ3) is 3.37. The molecule has 2 heterocycles. The Morgan fingerprint density at radius 3 is 2.39 bits per heavy atom. The predicted octanol–water partition coefficient (Wildman–Crippen LogP) is 3.03. The number of nitrogens with zero attached hydrogens (tertiary/aromatic N) is 3. The van der Waals surface area contributed by atoms with Gasteiger partial charge in [-0.25, -0.2) is 4.39 Å². The summed E-state index contributed by atoms with van der Waals surface area (Å²) in [5.74, 6) is -0.605. The molecule has 0 saturated heterocycles. The highest BCUT2D eigenvalue weighted by Gasteiger charge is 2.18. The molecule has 4 aromatic rings. The summed E-state index contributed by atoms with van der Waals surface area (Å²) in [6.45, 7) is 0.156. The van der Waals surface area contributed by atoms with Crippen LogP contribution in [-0.4, -0.2) is 26.3 Å². The molecular weight excluding hydrogens is 359 g/mol. The van der Waals surface area contributed by atoms with E-state index in [1.165, 1.54) is 24.3 Å². The van der Waals surface area contributed by atoms with Crippen molar-refractivity contribution in [2.24, 2.45) is 0 Å². The van der Waals surface area contributed by atoms with E-state index in [-0.39, 0.29) is 23.5 Å². The number of hydrogen-bond acceptors (Lipinski definition) is 4. The van der Waals surface area contributed by atoms with Crippen LogP contribution in [0, 0.1) is 5.82 Å². The molecule has 28 heavy (non-hydrogen) atoms. The fourth-order valence-corrected chi connectivity index (χ4v) is 2.90. The molecule has 0 aliphatic heterocycles. The first kappa shape index (κ1) is 17.5. The Morgan fingerprint density at radius 2 is 1.61 bits per heavy atom. The van der Waals surface area contributed by atoms with Gasteiger partial charge in [0, 0.05) is 17.3 Å². The molecule has 0 saturated carbocycles. The van der Waals surface area contributed by atoms with Crippen molar-refractivity contribution in [3.05, 3.63) is 101 Å². The van der Waals surface area contributed by atoms with Gasteiger partial charge in [0.05, 0.1) is 12.1 Å². The molecule has 0 radical (unpaired) electrons. The van der Waals surface area contributed by atoms with Crippen LogP contribution in [0.4, 0.5) is 4.39 Å². The average molecular weight is 374 g/mol. The Hall–Kier alpha value is -3.87. The fourth-order valence-electron chi connectivity index (χ4n) is 2.90. The smallest absolute Gasteiger partial charge is 0.252 e. The summed E-state index contributed by atoms with van der Waals surface area (Å²) in [6, 6.07) is 17.3. The molecule has 7 heteroatoms. The maximum atomic E-state index is 13.1. The van der Waals surface area contributed by atoms with Crippen molar-refractivity contribution < 1.29 is 14.0 Å². The topological polar surface area (TPSA) is 76.4 Å². The molecule has 6 nitrogen and oxygen atoms in total. The van der Waals surface area contributed by atoms with E-state index in [1.807, 2.05) is 24.4 Å². The summed E-state index contributed by atoms with van der Waals surface area (Å²) in [6.07, 6.45) is 1.81. The minimum Gasteiger partial charge on any atom is -0.345 e. The van der Waals surface area contributed by atoms with Crippen LogP contribution in [0.3, 0.4) is 0 Å². The minimum atomic E-state index is -0.428. The Kier molecular flexibility index (Phi) is 4.63. The summed E-state index contributed by atoms with van der Waals surface area (Å²) in [5, 5.41) is 10.9. The third-order valence-corrected chi connectivity index (χ3v) is 4.31. The first-order valence-electron chi connectivity index (χ1n) is 8.59. The van der Waals surface area contributed by atoms with E-state index in [0.29, 0.717) is 17.0 Å². The standard InChI is InChI=1S/C21H15FN4O2/c22-15-10-8-14(9-11-15)20(27)16-5-1-2-6-17(16)21(28)23-13-19-25-24-18-7-3-4-12-26(18)19/h1-12H,13H2,(H,23,28). The Labute approximate surface area is 159 Å². The summed E-state index contributed by atoms with van der Waals surface area (Å²) >= 11 is 0. The van der Waals surface area contributed by atoms with Crippen molar-refractivity contribution >= 4 is 17.3 Å². The van der Waals surface area contributed by atoms with Crippen molar-refractivity contribution in [1.29, 1.82) is 0 Å². The number of pyridine rings is 1. The highest BCUT2D eigenvalue weighted by molar-refractivity contribution is 6.15. The molecule has 0 atom stereocenters. The van der Waals surface area contributed by atoms with Crippen molar-refractivity contribution in [3.8, 4) is 0 Å². The lowest BCUT2D eigenvalue weighted by molar-refractivity contribution is 0.0938. The summed E-state index contributed by atoms with van der Waals surface area (Å²) in [7, 11) is 0. The SMILES string of the molecule is O=C(NCc1nnc2ccccn12)c1ccccc1C(=O)c1ccc(F)cc1. The van der Waals surface area contributed by atoms with Crippen LogP contribution in [0.2, 0.25) is 0 Å². The lowest BCUT2D eigenvalue weighted by Crippen LogP contribution is -2.26. The van der Waals surface area contributed by atoms with Crippen molar-refractivity contribution in [2.45, 2.75) is 6.54 Å². The molecule has 0 bridgehead atoms. The van der Waals surface area contributed by atoms with Crippen molar-refractivity contribution in [3.63, 3.8) is 0 Å². The summed E-state index contributed by atoms with van der Waals surface area (Å²) < 4.78 is 14.9. The van der Waals surface area contributed by atoms with Crippen LogP contribution < -0.4 is 5.32 Å². The third-order valence-electron chi connectivity index (χ3n) is 4.31.